The molecule has 0 heterocycles. The Morgan fingerprint density at radius 3 is 2.77 bits per heavy atom. The number of hydrogen-bond donors (Lipinski definition) is 2. The molecule has 0 aromatic heterocycles. The van der Waals surface area contributed by atoms with Gasteiger partial charge in [-0.3, -0.25) is 11.3 Å². The molecular formula is C11H24N2. The van der Waals surface area contributed by atoms with E-state index in [1.807, 2.05) is 0 Å². The highest BCUT2D eigenvalue weighted by atomic mass is 15.2. The van der Waals surface area contributed by atoms with Crippen LogP contribution in [0, 0.1) is 11.8 Å². The number of hydrogen-bond acceptors (Lipinski definition) is 2. The van der Waals surface area contributed by atoms with Crippen LogP contribution in [0.4, 0.5) is 0 Å². The minimum absolute atomic E-state index is 0.563. The van der Waals surface area contributed by atoms with E-state index < -0.39 is 0 Å². The zero-order chi connectivity index (χ0) is 9.68. The summed E-state index contributed by atoms with van der Waals surface area (Å²) in [5, 5.41) is 0. The van der Waals surface area contributed by atoms with Crippen LogP contribution in [0.1, 0.15) is 52.4 Å². The van der Waals surface area contributed by atoms with Gasteiger partial charge in [-0.05, 0) is 31.1 Å². The first-order valence-corrected chi connectivity index (χ1v) is 5.74. The summed E-state index contributed by atoms with van der Waals surface area (Å²) in [5.74, 6) is 7.32. The van der Waals surface area contributed by atoms with Gasteiger partial charge in [0.05, 0.1) is 0 Å². The van der Waals surface area contributed by atoms with E-state index in [4.69, 9.17) is 5.84 Å². The minimum atomic E-state index is 0.563. The van der Waals surface area contributed by atoms with Gasteiger partial charge >= 0.3 is 0 Å². The summed E-state index contributed by atoms with van der Waals surface area (Å²) < 4.78 is 0. The van der Waals surface area contributed by atoms with Gasteiger partial charge in [0.1, 0.15) is 0 Å². The van der Waals surface area contributed by atoms with E-state index in [2.05, 4.69) is 19.3 Å². The number of nitrogens with one attached hydrogen (secondary N) is 1. The van der Waals surface area contributed by atoms with E-state index in [0.717, 1.165) is 11.8 Å². The SMILES string of the molecule is CCCC(NN)C1CCCC(C)C1. The van der Waals surface area contributed by atoms with Gasteiger partial charge in [0.15, 0.2) is 0 Å². The molecule has 1 saturated carbocycles. The summed E-state index contributed by atoms with van der Waals surface area (Å²) in [6.45, 7) is 4.60. The quantitative estimate of drug-likeness (QED) is 0.520. The largest absolute Gasteiger partial charge is 0.271 e. The summed E-state index contributed by atoms with van der Waals surface area (Å²) in [6, 6.07) is 0.563. The topological polar surface area (TPSA) is 38.0 Å². The lowest BCUT2D eigenvalue weighted by Crippen LogP contribution is -2.42. The zero-order valence-corrected chi connectivity index (χ0v) is 9.05. The van der Waals surface area contributed by atoms with Crippen molar-refractivity contribution in [3.05, 3.63) is 0 Å². The Morgan fingerprint density at radius 1 is 1.46 bits per heavy atom. The van der Waals surface area contributed by atoms with E-state index in [0.29, 0.717) is 6.04 Å². The average molecular weight is 184 g/mol. The van der Waals surface area contributed by atoms with Crippen LogP contribution in [0.5, 0.6) is 0 Å². The highest BCUT2D eigenvalue weighted by Gasteiger charge is 2.25. The van der Waals surface area contributed by atoms with Crippen LogP contribution in [0.3, 0.4) is 0 Å². The first-order valence-electron chi connectivity index (χ1n) is 5.74. The third-order valence-corrected chi connectivity index (χ3v) is 3.36. The summed E-state index contributed by atoms with van der Waals surface area (Å²) in [4.78, 5) is 0. The summed E-state index contributed by atoms with van der Waals surface area (Å²) in [6.07, 6.45) is 8.02. The van der Waals surface area contributed by atoms with Gasteiger partial charge in [-0.15, -0.1) is 0 Å². The fourth-order valence-electron chi connectivity index (χ4n) is 2.61. The third kappa shape index (κ3) is 3.28. The molecule has 78 valence electrons. The molecular weight excluding hydrogens is 160 g/mol. The number of hydrazine groups is 1. The molecule has 2 heteroatoms. The Hall–Kier alpha value is -0.0800. The van der Waals surface area contributed by atoms with Gasteiger partial charge in [0.2, 0.25) is 0 Å². The molecule has 0 aromatic rings. The average Bonchev–Trinajstić information content (AvgIpc) is 2.14. The van der Waals surface area contributed by atoms with Crippen molar-refractivity contribution in [2.75, 3.05) is 0 Å². The molecule has 3 atom stereocenters. The predicted octanol–water partition coefficient (Wildman–Crippen LogP) is 2.44. The van der Waals surface area contributed by atoms with Gasteiger partial charge in [-0.2, -0.15) is 0 Å². The van der Waals surface area contributed by atoms with Crippen LogP contribution in [-0.2, 0) is 0 Å². The molecule has 1 aliphatic rings. The van der Waals surface area contributed by atoms with Crippen LogP contribution >= 0.6 is 0 Å². The Labute approximate surface area is 82.2 Å². The van der Waals surface area contributed by atoms with Gasteiger partial charge in [-0.1, -0.05) is 33.1 Å². The molecule has 1 rings (SSSR count). The molecule has 0 saturated heterocycles. The third-order valence-electron chi connectivity index (χ3n) is 3.36. The molecule has 1 fully saturated rings. The Bertz CT molecular complexity index is 136. The maximum absolute atomic E-state index is 5.59. The Morgan fingerprint density at radius 2 is 2.23 bits per heavy atom. The molecule has 0 bridgehead atoms. The van der Waals surface area contributed by atoms with Crippen molar-refractivity contribution in [1.29, 1.82) is 0 Å². The molecule has 3 unspecified atom stereocenters. The van der Waals surface area contributed by atoms with Gasteiger partial charge in [0, 0.05) is 6.04 Å². The Kier molecular flexibility index (Phi) is 4.74. The highest BCUT2D eigenvalue weighted by Crippen LogP contribution is 2.31. The van der Waals surface area contributed by atoms with E-state index >= 15 is 0 Å². The lowest BCUT2D eigenvalue weighted by atomic mass is 9.78. The lowest BCUT2D eigenvalue weighted by Gasteiger charge is -2.32. The van der Waals surface area contributed by atoms with Gasteiger partial charge in [-0.25, -0.2) is 0 Å². The second-order valence-corrected chi connectivity index (χ2v) is 4.59. The fraction of sp³-hybridized carbons (Fsp3) is 1.00. The second-order valence-electron chi connectivity index (χ2n) is 4.59. The zero-order valence-electron chi connectivity index (χ0n) is 9.05. The maximum atomic E-state index is 5.59. The van der Waals surface area contributed by atoms with Crippen molar-refractivity contribution in [3.63, 3.8) is 0 Å². The first kappa shape index (κ1) is 11.0. The molecule has 1 aliphatic carbocycles. The summed E-state index contributed by atoms with van der Waals surface area (Å²) in [7, 11) is 0. The molecule has 2 nitrogen and oxygen atoms in total. The number of nitrogens with two attached hydrogens (primary N) is 1. The van der Waals surface area contributed by atoms with Crippen molar-refractivity contribution in [1.82, 2.24) is 5.43 Å². The van der Waals surface area contributed by atoms with Crippen LogP contribution in [0.15, 0.2) is 0 Å². The fourth-order valence-corrected chi connectivity index (χ4v) is 2.61. The van der Waals surface area contributed by atoms with E-state index in [-0.39, 0.29) is 0 Å². The molecule has 3 N–H and O–H groups in total. The molecule has 0 aliphatic heterocycles. The first-order chi connectivity index (χ1) is 6.27. The van der Waals surface area contributed by atoms with E-state index in [9.17, 15) is 0 Å². The van der Waals surface area contributed by atoms with Gasteiger partial charge in [0.25, 0.3) is 0 Å². The Balaban J connectivity index is 2.37. The molecule has 0 amide bonds. The van der Waals surface area contributed by atoms with Crippen LogP contribution in [0.25, 0.3) is 0 Å². The van der Waals surface area contributed by atoms with Crippen LogP contribution < -0.4 is 11.3 Å². The second kappa shape index (κ2) is 5.61. The monoisotopic (exact) mass is 184 g/mol. The van der Waals surface area contributed by atoms with Gasteiger partial charge < -0.3 is 0 Å². The van der Waals surface area contributed by atoms with Crippen molar-refractivity contribution in [2.45, 2.75) is 58.4 Å². The maximum Gasteiger partial charge on any atom is 0.0238 e. The number of rotatable bonds is 4. The van der Waals surface area contributed by atoms with Crippen LogP contribution in [-0.4, -0.2) is 6.04 Å². The van der Waals surface area contributed by atoms with E-state index in [1.165, 1.54) is 38.5 Å². The summed E-state index contributed by atoms with van der Waals surface area (Å²) >= 11 is 0. The van der Waals surface area contributed by atoms with Crippen molar-refractivity contribution < 1.29 is 0 Å². The molecule has 0 aromatic carbocycles. The van der Waals surface area contributed by atoms with Crippen LogP contribution in [0.2, 0.25) is 0 Å². The lowest BCUT2D eigenvalue weighted by molar-refractivity contribution is 0.215. The van der Waals surface area contributed by atoms with Crippen molar-refractivity contribution in [2.24, 2.45) is 17.7 Å². The smallest absolute Gasteiger partial charge is 0.0238 e. The summed E-state index contributed by atoms with van der Waals surface area (Å²) in [5.41, 5.74) is 2.99. The van der Waals surface area contributed by atoms with Crippen molar-refractivity contribution in [3.8, 4) is 0 Å². The normalized spacial score (nSPS) is 31.6. The molecule has 13 heavy (non-hydrogen) atoms. The van der Waals surface area contributed by atoms with E-state index in [1.54, 1.807) is 0 Å². The predicted molar refractivity (Wildman–Crippen MR) is 57.1 cm³/mol. The highest BCUT2D eigenvalue weighted by molar-refractivity contribution is 4.79. The van der Waals surface area contributed by atoms with Crippen molar-refractivity contribution >= 4 is 0 Å². The standard InChI is InChI=1S/C11H24N2/c1-3-5-11(13-12)10-7-4-6-9(2)8-10/h9-11,13H,3-8,12H2,1-2H3. The minimum Gasteiger partial charge on any atom is -0.271 e. The molecule has 0 radical (unpaired) electrons. The molecule has 0 spiro atoms.